The summed E-state index contributed by atoms with van der Waals surface area (Å²) in [6.07, 6.45) is 1.42. The lowest BCUT2D eigenvalue weighted by molar-refractivity contribution is 0.583. The average Bonchev–Trinajstić information content (AvgIpc) is 2.69. The Balaban J connectivity index is 2.39. The molecule has 19 heavy (non-hydrogen) atoms. The molecular formula is C12H16N4O2S. The van der Waals surface area contributed by atoms with Gasteiger partial charge in [-0.05, 0) is 32.0 Å². The second-order valence-electron chi connectivity index (χ2n) is 4.25. The number of nitrogens with zero attached hydrogens (tertiary/aromatic N) is 3. The predicted molar refractivity (Wildman–Crippen MR) is 72.2 cm³/mol. The van der Waals surface area contributed by atoms with E-state index in [1.165, 1.54) is 12.3 Å². The van der Waals surface area contributed by atoms with Crippen molar-refractivity contribution < 1.29 is 8.42 Å². The Kier molecular flexibility index (Phi) is 3.57. The molecule has 0 bridgehead atoms. The fourth-order valence-electron chi connectivity index (χ4n) is 1.92. The Morgan fingerprint density at radius 2 is 2.16 bits per heavy atom. The Hall–Kier alpha value is -1.89. The lowest BCUT2D eigenvalue weighted by Gasteiger charge is -2.07. The molecule has 2 N–H and O–H groups in total. The highest BCUT2D eigenvalue weighted by molar-refractivity contribution is 7.90. The van der Waals surface area contributed by atoms with E-state index in [0.717, 1.165) is 5.69 Å². The number of hydrogen-bond acceptors (Lipinski definition) is 5. The number of pyridine rings is 1. The van der Waals surface area contributed by atoms with E-state index in [2.05, 4.69) is 10.1 Å². The molecule has 0 radical (unpaired) electrons. The molecule has 0 aromatic carbocycles. The van der Waals surface area contributed by atoms with Crippen molar-refractivity contribution in [1.29, 1.82) is 0 Å². The average molecular weight is 280 g/mol. The van der Waals surface area contributed by atoms with Crippen LogP contribution in [0, 0.1) is 6.92 Å². The third-order valence-corrected chi connectivity index (χ3v) is 4.32. The third kappa shape index (κ3) is 2.76. The monoisotopic (exact) mass is 280 g/mol. The summed E-state index contributed by atoms with van der Waals surface area (Å²) in [5.41, 5.74) is 7.28. The molecule has 2 aromatic rings. The summed E-state index contributed by atoms with van der Waals surface area (Å²) < 4.78 is 26.3. The SMILES string of the molecule is CCn1nc(C)cc1CS(=O)(=O)c1ncccc1N. The van der Waals surface area contributed by atoms with Gasteiger partial charge in [0.2, 0.25) is 9.84 Å². The fraction of sp³-hybridized carbons (Fsp3) is 0.333. The van der Waals surface area contributed by atoms with Crippen LogP contribution in [-0.2, 0) is 22.1 Å². The highest BCUT2D eigenvalue weighted by Gasteiger charge is 2.22. The maximum atomic E-state index is 12.3. The normalized spacial score (nSPS) is 11.7. The van der Waals surface area contributed by atoms with Crippen molar-refractivity contribution in [3.8, 4) is 0 Å². The standard InChI is InChI=1S/C12H16N4O2S/c1-3-16-10(7-9(2)15-16)8-19(17,18)12-11(13)5-4-6-14-12/h4-7H,3,8,13H2,1-2H3. The number of aryl methyl sites for hydroxylation is 2. The maximum Gasteiger partial charge on any atom is 0.203 e. The van der Waals surface area contributed by atoms with Crippen molar-refractivity contribution >= 4 is 15.5 Å². The number of rotatable bonds is 4. The van der Waals surface area contributed by atoms with Crippen LogP contribution in [-0.4, -0.2) is 23.2 Å². The van der Waals surface area contributed by atoms with E-state index >= 15 is 0 Å². The van der Waals surface area contributed by atoms with Crippen LogP contribution in [0.2, 0.25) is 0 Å². The molecule has 0 saturated carbocycles. The Labute approximate surface area is 112 Å². The zero-order valence-corrected chi connectivity index (χ0v) is 11.7. The lowest BCUT2D eigenvalue weighted by atomic mass is 10.4. The molecule has 102 valence electrons. The molecule has 0 amide bonds. The van der Waals surface area contributed by atoms with Gasteiger partial charge in [0.1, 0.15) is 0 Å². The number of sulfone groups is 1. The van der Waals surface area contributed by atoms with Gasteiger partial charge in [-0.25, -0.2) is 13.4 Å². The molecule has 0 aliphatic heterocycles. The number of nitrogen functional groups attached to an aromatic ring is 1. The highest BCUT2D eigenvalue weighted by atomic mass is 32.2. The van der Waals surface area contributed by atoms with Gasteiger partial charge in [0.15, 0.2) is 5.03 Å². The van der Waals surface area contributed by atoms with E-state index in [1.807, 2.05) is 13.8 Å². The van der Waals surface area contributed by atoms with Crippen molar-refractivity contribution in [2.75, 3.05) is 5.73 Å². The van der Waals surface area contributed by atoms with Crippen molar-refractivity contribution in [3.63, 3.8) is 0 Å². The fourth-order valence-corrected chi connectivity index (χ4v) is 3.32. The summed E-state index contributed by atoms with van der Waals surface area (Å²) in [6, 6.07) is 4.90. The molecule has 0 unspecified atom stereocenters. The summed E-state index contributed by atoms with van der Waals surface area (Å²) in [6.45, 7) is 4.37. The van der Waals surface area contributed by atoms with Gasteiger partial charge in [-0.1, -0.05) is 0 Å². The lowest BCUT2D eigenvalue weighted by Crippen LogP contribution is -2.13. The Morgan fingerprint density at radius 1 is 1.42 bits per heavy atom. The van der Waals surface area contributed by atoms with Gasteiger partial charge >= 0.3 is 0 Å². The smallest absolute Gasteiger partial charge is 0.203 e. The van der Waals surface area contributed by atoms with Gasteiger partial charge in [0.25, 0.3) is 0 Å². The minimum Gasteiger partial charge on any atom is -0.396 e. The molecule has 7 heteroatoms. The van der Waals surface area contributed by atoms with Gasteiger partial charge in [-0.15, -0.1) is 0 Å². The van der Waals surface area contributed by atoms with E-state index in [9.17, 15) is 8.42 Å². The van der Waals surface area contributed by atoms with Crippen LogP contribution in [0.3, 0.4) is 0 Å². The Bertz CT molecular complexity index is 692. The minimum atomic E-state index is -3.56. The molecule has 0 saturated heterocycles. The third-order valence-electron chi connectivity index (χ3n) is 2.72. The van der Waals surface area contributed by atoms with E-state index in [1.54, 1.807) is 16.8 Å². The summed E-state index contributed by atoms with van der Waals surface area (Å²) in [5.74, 6) is -0.150. The first-order chi connectivity index (χ1) is 8.94. The maximum absolute atomic E-state index is 12.3. The van der Waals surface area contributed by atoms with E-state index in [0.29, 0.717) is 12.2 Å². The molecule has 2 aromatic heterocycles. The van der Waals surface area contributed by atoms with Crippen LogP contribution < -0.4 is 5.73 Å². The molecule has 2 heterocycles. The van der Waals surface area contributed by atoms with E-state index < -0.39 is 9.84 Å². The van der Waals surface area contributed by atoms with Gasteiger partial charge in [-0.3, -0.25) is 4.68 Å². The Morgan fingerprint density at radius 3 is 2.79 bits per heavy atom. The van der Waals surface area contributed by atoms with Crippen LogP contribution >= 0.6 is 0 Å². The van der Waals surface area contributed by atoms with Crippen LogP contribution in [0.5, 0.6) is 0 Å². The summed E-state index contributed by atoms with van der Waals surface area (Å²) in [5, 5.41) is 4.16. The topological polar surface area (TPSA) is 90.9 Å². The molecule has 0 fully saturated rings. The van der Waals surface area contributed by atoms with Crippen LogP contribution in [0.4, 0.5) is 5.69 Å². The number of hydrogen-bond donors (Lipinski definition) is 1. The number of nitrogens with two attached hydrogens (primary N) is 1. The molecule has 2 rings (SSSR count). The first kappa shape index (κ1) is 13.5. The summed E-state index contributed by atoms with van der Waals surface area (Å²) in [4.78, 5) is 3.87. The van der Waals surface area contributed by atoms with Crippen LogP contribution in [0.15, 0.2) is 29.4 Å². The van der Waals surface area contributed by atoms with Gasteiger partial charge in [0.05, 0.1) is 22.8 Å². The molecule has 0 aliphatic carbocycles. The second kappa shape index (κ2) is 5.00. The van der Waals surface area contributed by atoms with Crippen molar-refractivity contribution in [3.05, 3.63) is 35.8 Å². The number of aromatic nitrogens is 3. The summed E-state index contributed by atoms with van der Waals surface area (Å²) >= 11 is 0. The van der Waals surface area contributed by atoms with Gasteiger partial charge in [-0.2, -0.15) is 5.10 Å². The first-order valence-electron chi connectivity index (χ1n) is 5.90. The second-order valence-corrected chi connectivity index (χ2v) is 6.15. The van der Waals surface area contributed by atoms with Crippen LogP contribution in [0.1, 0.15) is 18.3 Å². The molecule has 0 aliphatic rings. The number of anilines is 1. The summed E-state index contributed by atoms with van der Waals surface area (Å²) in [7, 11) is -3.56. The molecule has 0 spiro atoms. The van der Waals surface area contributed by atoms with E-state index in [-0.39, 0.29) is 16.5 Å². The highest BCUT2D eigenvalue weighted by Crippen LogP contribution is 2.20. The molecule has 6 nitrogen and oxygen atoms in total. The predicted octanol–water partition coefficient (Wildman–Crippen LogP) is 1.16. The van der Waals surface area contributed by atoms with Crippen LogP contribution in [0.25, 0.3) is 0 Å². The quantitative estimate of drug-likeness (QED) is 0.907. The molecular weight excluding hydrogens is 264 g/mol. The largest absolute Gasteiger partial charge is 0.396 e. The zero-order valence-electron chi connectivity index (χ0n) is 10.9. The van der Waals surface area contributed by atoms with Crippen molar-refractivity contribution in [2.45, 2.75) is 31.2 Å². The van der Waals surface area contributed by atoms with Gasteiger partial charge in [0, 0.05) is 12.7 Å². The van der Waals surface area contributed by atoms with Crippen molar-refractivity contribution in [2.24, 2.45) is 0 Å². The van der Waals surface area contributed by atoms with Crippen molar-refractivity contribution in [1.82, 2.24) is 14.8 Å². The molecule has 0 atom stereocenters. The first-order valence-corrected chi connectivity index (χ1v) is 7.56. The van der Waals surface area contributed by atoms with E-state index in [4.69, 9.17) is 5.73 Å². The zero-order chi connectivity index (χ0) is 14.0. The van der Waals surface area contributed by atoms with Gasteiger partial charge < -0.3 is 5.73 Å². The minimum absolute atomic E-state index is 0.0727.